The Morgan fingerprint density at radius 1 is 1.21 bits per heavy atom. The molecule has 1 aromatic heterocycles. The molecule has 0 radical (unpaired) electrons. The normalized spacial score (nSPS) is 17.6. The number of rotatable bonds is 3. The summed E-state index contributed by atoms with van der Waals surface area (Å²) in [4.78, 5) is 5.07. The number of hydrogen-bond donors (Lipinski definition) is 0. The van der Waals surface area contributed by atoms with E-state index in [0.717, 1.165) is 11.0 Å². The predicted molar refractivity (Wildman–Crippen MR) is 90.9 cm³/mol. The Morgan fingerprint density at radius 3 is 2.46 bits per heavy atom. The quantitative estimate of drug-likeness (QED) is 0.655. The van der Waals surface area contributed by atoms with Crippen LogP contribution in [0.15, 0.2) is 18.2 Å². The van der Waals surface area contributed by atoms with Crippen LogP contribution >= 0.6 is 0 Å². The second-order valence-electron chi connectivity index (χ2n) is 6.88. The Hall–Kier alpha value is -2.39. The number of hydrogen-bond acceptors (Lipinski definition) is 4. The van der Waals surface area contributed by atoms with Gasteiger partial charge >= 0.3 is 12.4 Å². The van der Waals surface area contributed by atoms with Crippen molar-refractivity contribution in [1.29, 1.82) is 0 Å². The van der Waals surface area contributed by atoms with E-state index in [-0.39, 0.29) is 34.8 Å². The molecular weight excluding hydrogens is 390 g/mol. The van der Waals surface area contributed by atoms with E-state index in [1.807, 2.05) is 0 Å². The van der Waals surface area contributed by atoms with Crippen LogP contribution < -0.4 is 14.4 Å². The zero-order valence-corrected chi connectivity index (χ0v) is 15.3. The molecule has 2 aromatic rings. The first-order chi connectivity index (χ1) is 12.9. The highest BCUT2D eigenvalue weighted by Gasteiger charge is 2.40. The fourth-order valence-corrected chi connectivity index (χ4v) is 3.12. The van der Waals surface area contributed by atoms with E-state index in [1.54, 1.807) is 13.8 Å². The summed E-state index contributed by atoms with van der Waals surface area (Å²) in [5.41, 5.74) is -1.18. The van der Waals surface area contributed by atoms with Gasteiger partial charge in [0.15, 0.2) is 5.75 Å². The van der Waals surface area contributed by atoms with Crippen LogP contribution in [-0.2, 0) is 6.18 Å². The van der Waals surface area contributed by atoms with Crippen LogP contribution in [0.5, 0.6) is 11.6 Å². The molecule has 154 valence electrons. The maximum absolute atomic E-state index is 13.7. The number of ether oxygens (including phenoxy) is 2. The zero-order chi connectivity index (χ0) is 20.9. The van der Waals surface area contributed by atoms with Gasteiger partial charge in [0.25, 0.3) is 0 Å². The van der Waals surface area contributed by atoms with Crippen molar-refractivity contribution in [3.05, 3.63) is 23.8 Å². The van der Waals surface area contributed by atoms with Gasteiger partial charge in [-0.05, 0) is 32.9 Å². The van der Waals surface area contributed by atoms with Gasteiger partial charge in [-0.15, -0.1) is 0 Å². The number of aromatic nitrogens is 1. The number of fused-ring (bicyclic) bond motifs is 3. The van der Waals surface area contributed by atoms with E-state index in [4.69, 9.17) is 9.47 Å². The minimum absolute atomic E-state index is 0.0478. The number of anilines is 1. The first-order valence-corrected chi connectivity index (χ1v) is 8.54. The van der Waals surface area contributed by atoms with Gasteiger partial charge in [0.1, 0.15) is 13.2 Å². The lowest BCUT2D eigenvalue weighted by Crippen LogP contribution is -2.46. The van der Waals surface area contributed by atoms with Gasteiger partial charge in [-0.3, -0.25) is 0 Å². The third kappa shape index (κ3) is 4.05. The molecule has 0 amide bonds. The lowest BCUT2D eigenvalue weighted by Gasteiger charge is -2.37. The van der Waals surface area contributed by atoms with Crippen molar-refractivity contribution in [3.8, 4) is 11.6 Å². The molecule has 4 nitrogen and oxygen atoms in total. The van der Waals surface area contributed by atoms with Gasteiger partial charge < -0.3 is 14.4 Å². The van der Waals surface area contributed by atoms with Crippen LogP contribution in [0.4, 0.5) is 32.0 Å². The Balaban J connectivity index is 2.24. The van der Waals surface area contributed by atoms with Gasteiger partial charge in [0.2, 0.25) is 5.88 Å². The maximum atomic E-state index is 13.7. The summed E-state index contributed by atoms with van der Waals surface area (Å²) in [5, 5.41) is -0.375. The van der Waals surface area contributed by atoms with Gasteiger partial charge in [0.05, 0.1) is 34.3 Å². The molecule has 28 heavy (non-hydrogen) atoms. The number of alkyl halides is 6. The van der Waals surface area contributed by atoms with E-state index in [2.05, 4.69) is 4.98 Å². The highest BCUT2D eigenvalue weighted by molar-refractivity contribution is 5.95. The van der Waals surface area contributed by atoms with E-state index < -0.39 is 36.6 Å². The monoisotopic (exact) mass is 408 g/mol. The Bertz CT molecular complexity index is 879. The molecule has 0 fully saturated rings. The van der Waals surface area contributed by atoms with Crippen LogP contribution in [0.1, 0.15) is 26.3 Å². The van der Waals surface area contributed by atoms with Crippen molar-refractivity contribution in [2.45, 2.75) is 45.3 Å². The average molecular weight is 408 g/mol. The van der Waals surface area contributed by atoms with Crippen LogP contribution in [0.3, 0.4) is 0 Å². The lowest BCUT2D eigenvalue weighted by atomic mass is 10.0. The molecule has 1 aliphatic heterocycles. The molecule has 10 heteroatoms. The number of halogens is 6. The fraction of sp³-hybridized carbons (Fsp3) is 0.500. The van der Waals surface area contributed by atoms with Gasteiger partial charge in [0, 0.05) is 6.07 Å². The average Bonchev–Trinajstić information content (AvgIpc) is 2.53. The summed E-state index contributed by atoms with van der Waals surface area (Å²) in [5.74, 6) is -0.470. The van der Waals surface area contributed by atoms with Crippen LogP contribution in [0, 0.1) is 0 Å². The van der Waals surface area contributed by atoms with E-state index in [9.17, 15) is 26.3 Å². The predicted octanol–water partition coefficient (Wildman–Crippen LogP) is 5.19. The van der Waals surface area contributed by atoms with Crippen molar-refractivity contribution in [2.75, 3.05) is 18.1 Å². The van der Waals surface area contributed by atoms with Crippen molar-refractivity contribution >= 4 is 16.6 Å². The molecular formula is C18H18F6N2O2. The standard InChI is InChI=1S/C18H18F6N2O2/c1-9(2)28-14-6-11(18(22,23)24)15-12(25-14)4-5-13-16(15)27-7-10(3)26(13)8-17(19,20)21/h4-6,9-10H,7-8H2,1-3H3/t10-/m1/s1. The molecule has 0 N–H and O–H groups in total. The summed E-state index contributed by atoms with van der Waals surface area (Å²) < 4.78 is 90.8. The summed E-state index contributed by atoms with van der Waals surface area (Å²) in [7, 11) is 0. The molecule has 0 spiro atoms. The van der Waals surface area contributed by atoms with E-state index >= 15 is 0 Å². The topological polar surface area (TPSA) is 34.6 Å². The molecule has 2 heterocycles. The largest absolute Gasteiger partial charge is 0.489 e. The van der Waals surface area contributed by atoms with Gasteiger partial charge in [-0.25, -0.2) is 4.98 Å². The molecule has 1 aromatic carbocycles. The minimum atomic E-state index is -4.77. The molecule has 0 aliphatic carbocycles. The van der Waals surface area contributed by atoms with Gasteiger partial charge in [-0.2, -0.15) is 26.3 Å². The summed E-state index contributed by atoms with van der Waals surface area (Å²) in [6.45, 7) is 3.33. The summed E-state index contributed by atoms with van der Waals surface area (Å²) in [6, 6.07) is 2.64. The lowest BCUT2D eigenvalue weighted by molar-refractivity contribution is -0.136. The second-order valence-corrected chi connectivity index (χ2v) is 6.88. The molecule has 3 rings (SSSR count). The third-order valence-electron chi connectivity index (χ3n) is 4.20. The molecule has 1 aliphatic rings. The van der Waals surface area contributed by atoms with Crippen LogP contribution in [0.25, 0.3) is 10.9 Å². The molecule has 0 bridgehead atoms. The molecule has 1 atom stereocenters. The van der Waals surface area contributed by atoms with Crippen LogP contribution in [0.2, 0.25) is 0 Å². The highest BCUT2D eigenvalue weighted by atomic mass is 19.4. The Labute approximate surface area is 157 Å². The smallest absolute Gasteiger partial charge is 0.417 e. The molecule has 0 saturated heterocycles. The fourth-order valence-electron chi connectivity index (χ4n) is 3.12. The van der Waals surface area contributed by atoms with E-state index in [0.29, 0.717) is 0 Å². The summed E-state index contributed by atoms with van der Waals surface area (Å²) in [6.07, 6.45) is -9.69. The first-order valence-electron chi connectivity index (χ1n) is 8.54. The number of pyridine rings is 1. The minimum Gasteiger partial charge on any atom is -0.489 e. The number of benzene rings is 1. The second kappa shape index (κ2) is 6.89. The van der Waals surface area contributed by atoms with Gasteiger partial charge in [-0.1, -0.05) is 0 Å². The first kappa shape index (κ1) is 20.3. The molecule has 0 saturated carbocycles. The zero-order valence-electron chi connectivity index (χ0n) is 15.3. The third-order valence-corrected chi connectivity index (χ3v) is 4.20. The van der Waals surface area contributed by atoms with Crippen molar-refractivity contribution < 1.29 is 35.8 Å². The van der Waals surface area contributed by atoms with Crippen LogP contribution in [-0.4, -0.2) is 36.5 Å². The maximum Gasteiger partial charge on any atom is 0.417 e. The summed E-state index contributed by atoms with van der Waals surface area (Å²) >= 11 is 0. The van der Waals surface area contributed by atoms with Crippen molar-refractivity contribution in [3.63, 3.8) is 0 Å². The Morgan fingerprint density at radius 2 is 1.89 bits per heavy atom. The SMILES string of the molecule is CC(C)Oc1cc(C(F)(F)F)c2c3c(ccc2n1)N(CC(F)(F)F)[C@H](C)CO3. The van der Waals surface area contributed by atoms with Crippen molar-refractivity contribution in [2.24, 2.45) is 0 Å². The van der Waals surface area contributed by atoms with E-state index in [1.165, 1.54) is 19.1 Å². The molecule has 0 unspecified atom stereocenters. The Kier molecular flexibility index (Phi) is 5.01. The van der Waals surface area contributed by atoms with Crippen molar-refractivity contribution in [1.82, 2.24) is 4.98 Å². The highest BCUT2D eigenvalue weighted by Crippen LogP contribution is 2.46. The number of nitrogens with zero attached hydrogens (tertiary/aromatic N) is 2.